The van der Waals surface area contributed by atoms with Crippen molar-refractivity contribution in [1.82, 2.24) is 5.43 Å². The van der Waals surface area contributed by atoms with E-state index in [4.69, 9.17) is 4.74 Å². The van der Waals surface area contributed by atoms with E-state index < -0.39 is 0 Å². The molecule has 0 spiro atoms. The lowest BCUT2D eigenvalue weighted by Gasteiger charge is -2.04. The van der Waals surface area contributed by atoms with E-state index in [1.54, 1.807) is 6.21 Å². The number of benzene rings is 2. The summed E-state index contributed by atoms with van der Waals surface area (Å²) >= 11 is 0. The average Bonchev–Trinajstić information content (AvgIpc) is 2.55. The molecule has 2 aromatic carbocycles. The molecule has 5 heteroatoms. The highest BCUT2D eigenvalue weighted by atomic mass is 19.1. The molecule has 0 aromatic heterocycles. The van der Waals surface area contributed by atoms with Crippen LogP contribution in [0.5, 0.6) is 5.75 Å². The van der Waals surface area contributed by atoms with Crippen LogP contribution in [0, 0.1) is 5.82 Å². The lowest BCUT2D eigenvalue weighted by molar-refractivity contribution is -0.123. The Kier molecular flexibility index (Phi) is 5.65. The van der Waals surface area contributed by atoms with E-state index in [1.165, 1.54) is 29.8 Å². The van der Waals surface area contributed by atoms with Crippen molar-refractivity contribution in [2.75, 3.05) is 6.61 Å². The van der Waals surface area contributed by atoms with Gasteiger partial charge >= 0.3 is 0 Å². The van der Waals surface area contributed by atoms with Crippen LogP contribution in [-0.2, 0) is 11.2 Å². The average molecular weight is 300 g/mol. The fourth-order valence-corrected chi connectivity index (χ4v) is 1.73. The van der Waals surface area contributed by atoms with Crippen LogP contribution in [0.25, 0.3) is 0 Å². The Bertz CT molecular complexity index is 637. The fraction of sp³-hybridized carbons (Fsp3) is 0.176. The molecule has 0 fully saturated rings. The molecule has 2 aromatic rings. The summed E-state index contributed by atoms with van der Waals surface area (Å²) < 4.78 is 17.9. The van der Waals surface area contributed by atoms with Gasteiger partial charge in [0.1, 0.15) is 11.6 Å². The number of hydrogen-bond acceptors (Lipinski definition) is 3. The van der Waals surface area contributed by atoms with Crippen molar-refractivity contribution < 1.29 is 13.9 Å². The highest BCUT2D eigenvalue weighted by Gasteiger charge is 2.01. The molecule has 0 saturated carbocycles. The Hall–Kier alpha value is -2.69. The summed E-state index contributed by atoms with van der Waals surface area (Å²) in [4.78, 5) is 11.6. The van der Waals surface area contributed by atoms with Crippen LogP contribution in [0.4, 0.5) is 4.39 Å². The predicted molar refractivity (Wildman–Crippen MR) is 83.5 cm³/mol. The van der Waals surface area contributed by atoms with Gasteiger partial charge < -0.3 is 4.74 Å². The summed E-state index contributed by atoms with van der Waals surface area (Å²) in [7, 11) is 0. The van der Waals surface area contributed by atoms with Gasteiger partial charge in [0, 0.05) is 0 Å². The predicted octanol–water partition coefficient (Wildman–Crippen LogP) is 2.92. The molecule has 1 amide bonds. The Labute approximate surface area is 128 Å². The minimum atomic E-state index is -0.384. The first-order valence-corrected chi connectivity index (χ1v) is 6.96. The third-order valence-corrected chi connectivity index (χ3v) is 2.97. The number of carbonyl (C=O) groups excluding carboxylic acids is 1. The molecule has 4 nitrogen and oxygen atoms in total. The number of aryl methyl sites for hydroxylation is 1. The number of carbonyl (C=O) groups is 1. The first-order chi connectivity index (χ1) is 10.7. The summed E-state index contributed by atoms with van der Waals surface area (Å²) in [6, 6.07) is 13.4. The molecular formula is C17H17FN2O2. The first-order valence-electron chi connectivity index (χ1n) is 6.96. The molecule has 1 N–H and O–H groups in total. The van der Waals surface area contributed by atoms with Crippen LogP contribution in [0.1, 0.15) is 18.1 Å². The lowest BCUT2D eigenvalue weighted by atomic mass is 10.1. The molecule has 0 atom stereocenters. The SMILES string of the molecule is CCc1ccc(/C=N/NC(=O)COc2ccc(F)cc2)cc1. The summed E-state index contributed by atoms with van der Waals surface area (Å²) in [6.45, 7) is 1.90. The smallest absolute Gasteiger partial charge is 0.277 e. The van der Waals surface area contributed by atoms with Crippen molar-refractivity contribution in [2.24, 2.45) is 5.10 Å². The van der Waals surface area contributed by atoms with Crippen molar-refractivity contribution in [3.63, 3.8) is 0 Å². The third kappa shape index (κ3) is 5.01. The number of hydrazone groups is 1. The zero-order valence-electron chi connectivity index (χ0n) is 12.3. The van der Waals surface area contributed by atoms with Crippen LogP contribution >= 0.6 is 0 Å². The number of rotatable bonds is 6. The van der Waals surface area contributed by atoms with Gasteiger partial charge in [-0.25, -0.2) is 9.82 Å². The maximum Gasteiger partial charge on any atom is 0.277 e. The molecule has 0 radical (unpaired) electrons. The van der Waals surface area contributed by atoms with Crippen molar-refractivity contribution in [3.05, 3.63) is 65.5 Å². The maximum atomic E-state index is 12.7. The van der Waals surface area contributed by atoms with Gasteiger partial charge in [-0.05, 0) is 41.8 Å². The van der Waals surface area contributed by atoms with Gasteiger partial charge in [0.25, 0.3) is 5.91 Å². The zero-order valence-corrected chi connectivity index (χ0v) is 12.3. The molecule has 0 aliphatic heterocycles. The molecule has 0 unspecified atom stereocenters. The van der Waals surface area contributed by atoms with Crippen LogP contribution in [0.3, 0.4) is 0 Å². The number of amides is 1. The molecular weight excluding hydrogens is 283 g/mol. The second kappa shape index (κ2) is 7.93. The summed E-state index contributed by atoms with van der Waals surface area (Å²) in [5, 5.41) is 3.86. The molecule has 0 heterocycles. The number of halogens is 1. The van der Waals surface area contributed by atoms with Crippen LogP contribution < -0.4 is 10.2 Å². The van der Waals surface area contributed by atoms with Crippen LogP contribution in [0.15, 0.2) is 53.6 Å². The molecule has 22 heavy (non-hydrogen) atoms. The van der Waals surface area contributed by atoms with Crippen LogP contribution in [0.2, 0.25) is 0 Å². The summed E-state index contributed by atoms with van der Waals surface area (Å²) in [5.74, 6) is -0.308. The summed E-state index contributed by atoms with van der Waals surface area (Å²) in [5.41, 5.74) is 4.52. The zero-order chi connectivity index (χ0) is 15.8. The highest BCUT2D eigenvalue weighted by molar-refractivity contribution is 5.82. The molecule has 0 bridgehead atoms. The second-order valence-electron chi connectivity index (χ2n) is 4.63. The van der Waals surface area contributed by atoms with Crippen molar-refractivity contribution in [3.8, 4) is 5.75 Å². The molecule has 0 aliphatic carbocycles. The lowest BCUT2D eigenvalue weighted by Crippen LogP contribution is -2.24. The number of hydrogen-bond donors (Lipinski definition) is 1. The van der Waals surface area contributed by atoms with E-state index in [0.29, 0.717) is 5.75 Å². The summed E-state index contributed by atoms with van der Waals surface area (Å²) in [6.07, 6.45) is 2.55. The van der Waals surface area contributed by atoms with E-state index in [9.17, 15) is 9.18 Å². The number of nitrogens with one attached hydrogen (secondary N) is 1. The second-order valence-corrected chi connectivity index (χ2v) is 4.63. The normalized spacial score (nSPS) is 10.6. The van der Waals surface area contributed by atoms with Gasteiger partial charge in [-0.3, -0.25) is 4.79 Å². The minimum absolute atomic E-state index is 0.183. The van der Waals surface area contributed by atoms with E-state index in [1.807, 2.05) is 24.3 Å². The highest BCUT2D eigenvalue weighted by Crippen LogP contribution is 2.10. The Balaban J connectivity index is 1.76. The van der Waals surface area contributed by atoms with E-state index in [2.05, 4.69) is 17.5 Å². The number of ether oxygens (including phenoxy) is 1. The molecule has 0 saturated heterocycles. The number of nitrogens with zero attached hydrogens (tertiary/aromatic N) is 1. The molecule has 114 valence electrons. The topological polar surface area (TPSA) is 50.7 Å². The quantitative estimate of drug-likeness (QED) is 0.659. The largest absolute Gasteiger partial charge is 0.484 e. The standard InChI is InChI=1S/C17H17FN2O2/c1-2-13-3-5-14(6-4-13)11-19-20-17(21)12-22-16-9-7-15(18)8-10-16/h3-11H,2,12H2,1H3,(H,20,21)/b19-11+. The van der Waals surface area contributed by atoms with Gasteiger partial charge in [-0.1, -0.05) is 31.2 Å². The van der Waals surface area contributed by atoms with E-state index >= 15 is 0 Å². The Morgan fingerprint density at radius 1 is 1.18 bits per heavy atom. The van der Waals surface area contributed by atoms with Gasteiger partial charge in [0.15, 0.2) is 6.61 Å². The maximum absolute atomic E-state index is 12.7. The van der Waals surface area contributed by atoms with Gasteiger partial charge in [0.2, 0.25) is 0 Å². The van der Waals surface area contributed by atoms with E-state index in [-0.39, 0.29) is 18.3 Å². The monoisotopic (exact) mass is 300 g/mol. The third-order valence-electron chi connectivity index (χ3n) is 2.97. The van der Waals surface area contributed by atoms with Gasteiger partial charge in [-0.2, -0.15) is 5.10 Å². The van der Waals surface area contributed by atoms with Gasteiger partial charge in [0.05, 0.1) is 6.21 Å². The molecule has 0 aliphatic rings. The fourth-order valence-electron chi connectivity index (χ4n) is 1.73. The van der Waals surface area contributed by atoms with Crippen molar-refractivity contribution in [1.29, 1.82) is 0 Å². The Morgan fingerprint density at radius 3 is 2.50 bits per heavy atom. The van der Waals surface area contributed by atoms with Gasteiger partial charge in [-0.15, -0.1) is 0 Å². The molecule has 2 rings (SSSR count). The first kappa shape index (κ1) is 15.7. The minimum Gasteiger partial charge on any atom is -0.484 e. The Morgan fingerprint density at radius 2 is 1.86 bits per heavy atom. The van der Waals surface area contributed by atoms with Crippen LogP contribution in [-0.4, -0.2) is 18.7 Å². The van der Waals surface area contributed by atoms with Crippen molar-refractivity contribution >= 4 is 12.1 Å². The van der Waals surface area contributed by atoms with E-state index in [0.717, 1.165) is 12.0 Å². The van der Waals surface area contributed by atoms with Crippen molar-refractivity contribution in [2.45, 2.75) is 13.3 Å².